The molecule has 3 N–H and O–H groups in total. The van der Waals surface area contributed by atoms with Crippen LogP contribution in [0.2, 0.25) is 0 Å². The minimum absolute atomic E-state index is 0.179. The van der Waals surface area contributed by atoms with E-state index in [9.17, 15) is 13.2 Å². The third kappa shape index (κ3) is 9.31. The number of hydrogen-bond donors (Lipinski definition) is 3. The van der Waals surface area contributed by atoms with Crippen molar-refractivity contribution in [2.75, 3.05) is 32.7 Å². The Bertz CT molecular complexity index is 905. The maximum atomic E-state index is 13.1. The Hall–Kier alpha value is -2.45. The van der Waals surface area contributed by atoms with Crippen LogP contribution in [0, 0.1) is 10.8 Å². The van der Waals surface area contributed by atoms with Crippen LogP contribution in [0.4, 0.5) is 13.2 Å². The van der Waals surface area contributed by atoms with Gasteiger partial charge in [-0.25, -0.2) is 0 Å². The molecule has 2 aliphatic rings. The summed E-state index contributed by atoms with van der Waals surface area (Å²) in [5.41, 5.74) is 0.0222. The predicted octanol–water partition coefficient (Wildman–Crippen LogP) is 6.71. The number of unbranched alkanes of at least 4 members (excludes halogenated alkanes) is 6. The third-order valence-electron chi connectivity index (χ3n) is 8.18. The van der Waals surface area contributed by atoms with E-state index in [0.29, 0.717) is 43.0 Å². The van der Waals surface area contributed by atoms with E-state index in [4.69, 9.17) is 10.8 Å². The van der Waals surface area contributed by atoms with Crippen LogP contribution < -0.4 is 5.32 Å². The van der Waals surface area contributed by atoms with Gasteiger partial charge in [0.1, 0.15) is 0 Å². The fourth-order valence-electron chi connectivity index (χ4n) is 5.85. The second-order valence-corrected chi connectivity index (χ2v) is 11.2. The third-order valence-corrected chi connectivity index (χ3v) is 8.18. The van der Waals surface area contributed by atoms with E-state index in [1.165, 1.54) is 50.7 Å². The van der Waals surface area contributed by atoms with Gasteiger partial charge in [-0.05, 0) is 50.2 Å². The molecule has 1 aromatic rings. The molecule has 0 aliphatic carbocycles. The maximum Gasteiger partial charge on any atom is 0.416 e. The Morgan fingerprint density at radius 3 is 2.31 bits per heavy atom. The summed E-state index contributed by atoms with van der Waals surface area (Å²) < 4.78 is 39.2. The van der Waals surface area contributed by atoms with Gasteiger partial charge in [-0.1, -0.05) is 70.6 Å². The first-order chi connectivity index (χ1) is 18.7. The Morgan fingerprint density at radius 1 is 0.846 bits per heavy atom. The normalized spacial score (nSPS) is 19.9. The van der Waals surface area contributed by atoms with Gasteiger partial charge in [0.25, 0.3) is 0 Å². The topological polar surface area (TPSA) is 69.5 Å². The van der Waals surface area contributed by atoms with E-state index in [0.717, 1.165) is 57.8 Å². The molecule has 6 nitrogen and oxygen atoms in total. The first kappa shape index (κ1) is 31.1. The minimum Gasteiger partial charge on any atom is -0.354 e. The summed E-state index contributed by atoms with van der Waals surface area (Å²) in [6.45, 7) is 8.52. The number of nitrogens with zero attached hydrogens (tertiary/aromatic N) is 3. The van der Waals surface area contributed by atoms with Crippen LogP contribution in [0.15, 0.2) is 24.3 Å². The summed E-state index contributed by atoms with van der Waals surface area (Å²) >= 11 is 0. The Morgan fingerprint density at radius 2 is 1.56 bits per heavy atom. The van der Waals surface area contributed by atoms with Crippen molar-refractivity contribution in [3.8, 4) is 0 Å². The fraction of sp³-hybridized carbons (Fsp3) is 0.733. The van der Waals surface area contributed by atoms with E-state index in [-0.39, 0.29) is 6.04 Å². The molecule has 1 aromatic carbocycles. The van der Waals surface area contributed by atoms with Crippen molar-refractivity contribution in [2.45, 2.75) is 109 Å². The van der Waals surface area contributed by atoms with Crippen LogP contribution in [0.1, 0.15) is 95.6 Å². The lowest BCUT2D eigenvalue weighted by Gasteiger charge is -2.26. The molecule has 0 radical (unpaired) electrons. The molecule has 0 saturated carbocycles. The Labute approximate surface area is 233 Å². The number of alkyl halides is 3. The number of benzene rings is 1. The summed E-state index contributed by atoms with van der Waals surface area (Å²) in [7, 11) is 0. The number of halogens is 3. The van der Waals surface area contributed by atoms with E-state index in [2.05, 4.69) is 29.0 Å². The van der Waals surface area contributed by atoms with Crippen molar-refractivity contribution in [3.63, 3.8) is 0 Å². The first-order valence-corrected chi connectivity index (χ1v) is 15.1. The van der Waals surface area contributed by atoms with Crippen LogP contribution in [-0.4, -0.2) is 71.4 Å². The van der Waals surface area contributed by atoms with Gasteiger partial charge in [0, 0.05) is 44.8 Å². The summed E-state index contributed by atoms with van der Waals surface area (Å²) in [6, 6.07) is 6.14. The molecule has 0 spiro atoms. The van der Waals surface area contributed by atoms with Crippen molar-refractivity contribution in [3.05, 3.63) is 35.4 Å². The van der Waals surface area contributed by atoms with Gasteiger partial charge in [-0.3, -0.25) is 10.8 Å². The zero-order chi connectivity index (χ0) is 28.3. The van der Waals surface area contributed by atoms with Crippen molar-refractivity contribution in [2.24, 2.45) is 0 Å². The van der Waals surface area contributed by atoms with Crippen molar-refractivity contribution in [1.29, 1.82) is 10.8 Å². The highest BCUT2D eigenvalue weighted by Crippen LogP contribution is 2.30. The highest BCUT2D eigenvalue weighted by Gasteiger charge is 2.34. The van der Waals surface area contributed by atoms with Crippen LogP contribution in [0.5, 0.6) is 0 Å². The lowest BCUT2D eigenvalue weighted by molar-refractivity contribution is -0.137. The molecule has 2 heterocycles. The number of nitrogens with one attached hydrogen (secondary N) is 3. The van der Waals surface area contributed by atoms with Crippen LogP contribution in [0.25, 0.3) is 0 Å². The van der Waals surface area contributed by atoms with E-state index >= 15 is 0 Å². The SMILES string of the molecule is CCCCCCCN1C(=N)N(CCCC[C@H]2CNC(=N)N2CCc2cccc(C(F)(F)F)c2)C[C@@H]1CCCC. The molecule has 3 rings (SSSR count). The van der Waals surface area contributed by atoms with Gasteiger partial charge in [0.15, 0.2) is 11.9 Å². The molecule has 2 saturated heterocycles. The number of hydrogen-bond acceptors (Lipinski definition) is 2. The zero-order valence-electron chi connectivity index (χ0n) is 24.0. The van der Waals surface area contributed by atoms with Crippen LogP contribution >= 0.6 is 0 Å². The monoisotopic (exact) mass is 550 g/mol. The fourth-order valence-corrected chi connectivity index (χ4v) is 5.85. The van der Waals surface area contributed by atoms with Gasteiger partial charge in [0.2, 0.25) is 0 Å². The van der Waals surface area contributed by atoms with E-state index in [1.807, 2.05) is 4.90 Å². The van der Waals surface area contributed by atoms with Gasteiger partial charge >= 0.3 is 6.18 Å². The molecule has 0 bridgehead atoms. The molecular weight excluding hydrogens is 501 g/mol. The van der Waals surface area contributed by atoms with Crippen molar-refractivity contribution in [1.82, 2.24) is 20.0 Å². The standard InChI is InChI=1S/C30H49F3N6/c1-3-5-7-8-10-19-39-27(15-6-4-2)23-37(29(39)35)18-11-9-16-26-22-36-28(34)38(26)20-17-24-13-12-14-25(21-24)30(31,32)33/h12-14,21,26-27,35H,3-11,15-20,22-23H2,1-2H3,(H2,34,36)/t26-,27-/m0/s1. The van der Waals surface area contributed by atoms with Gasteiger partial charge in [-0.2, -0.15) is 13.2 Å². The average Bonchev–Trinajstić information content (AvgIpc) is 3.41. The molecule has 39 heavy (non-hydrogen) atoms. The van der Waals surface area contributed by atoms with Crippen molar-refractivity contribution < 1.29 is 13.2 Å². The summed E-state index contributed by atoms with van der Waals surface area (Å²) in [5.74, 6) is 1.06. The maximum absolute atomic E-state index is 13.1. The average molecular weight is 551 g/mol. The lowest BCUT2D eigenvalue weighted by atomic mass is 10.1. The Kier molecular flexibility index (Phi) is 12.2. The van der Waals surface area contributed by atoms with Crippen LogP contribution in [-0.2, 0) is 12.6 Å². The van der Waals surface area contributed by atoms with Crippen molar-refractivity contribution >= 4 is 11.9 Å². The molecule has 2 fully saturated rings. The van der Waals surface area contributed by atoms with Gasteiger partial charge < -0.3 is 20.0 Å². The van der Waals surface area contributed by atoms with Gasteiger partial charge in [-0.15, -0.1) is 0 Å². The second kappa shape index (κ2) is 15.4. The number of rotatable bonds is 17. The molecule has 0 aromatic heterocycles. The van der Waals surface area contributed by atoms with Crippen LogP contribution in [0.3, 0.4) is 0 Å². The molecule has 220 valence electrons. The quantitative estimate of drug-likeness (QED) is 0.189. The molecule has 0 amide bonds. The highest BCUT2D eigenvalue weighted by atomic mass is 19.4. The first-order valence-electron chi connectivity index (χ1n) is 15.1. The van der Waals surface area contributed by atoms with Gasteiger partial charge in [0.05, 0.1) is 5.56 Å². The van der Waals surface area contributed by atoms with E-state index in [1.54, 1.807) is 6.07 Å². The van der Waals surface area contributed by atoms with E-state index < -0.39 is 11.7 Å². The second-order valence-electron chi connectivity index (χ2n) is 11.2. The smallest absolute Gasteiger partial charge is 0.354 e. The molecule has 2 aliphatic heterocycles. The molecular formula is C30H49F3N6. The minimum atomic E-state index is -4.34. The lowest BCUT2D eigenvalue weighted by Crippen LogP contribution is -2.37. The molecule has 9 heteroatoms. The number of guanidine groups is 2. The highest BCUT2D eigenvalue weighted by molar-refractivity contribution is 5.80. The Balaban J connectivity index is 1.44. The largest absolute Gasteiger partial charge is 0.416 e. The summed E-state index contributed by atoms with van der Waals surface area (Å²) in [6.07, 6.45) is 8.83. The molecule has 2 atom stereocenters. The summed E-state index contributed by atoms with van der Waals surface area (Å²) in [4.78, 5) is 6.60. The predicted molar refractivity (Wildman–Crippen MR) is 153 cm³/mol. The molecule has 0 unspecified atom stereocenters. The summed E-state index contributed by atoms with van der Waals surface area (Å²) in [5, 5.41) is 20.2. The zero-order valence-corrected chi connectivity index (χ0v) is 24.0.